The summed E-state index contributed by atoms with van der Waals surface area (Å²) in [6, 6.07) is 8.36. The maximum absolute atomic E-state index is 5.99. The number of halogens is 2. The molecule has 0 unspecified atom stereocenters. The highest BCUT2D eigenvalue weighted by Crippen LogP contribution is 2.27. The number of anilines is 1. The number of hydrogen-bond donors (Lipinski definition) is 1. The first kappa shape index (κ1) is 13.3. The van der Waals surface area contributed by atoms with Crippen LogP contribution >= 0.6 is 23.2 Å². The number of nitrogens with zero attached hydrogens (tertiary/aromatic N) is 1. The lowest BCUT2D eigenvalue weighted by Crippen LogP contribution is -2.31. The molecule has 0 aliphatic carbocycles. The van der Waals surface area contributed by atoms with E-state index in [0.717, 1.165) is 5.69 Å². The molecular weight excluding hydrogens is 267 g/mol. The van der Waals surface area contributed by atoms with E-state index in [-0.39, 0.29) is 5.41 Å². The van der Waals surface area contributed by atoms with Crippen molar-refractivity contribution in [2.24, 2.45) is 0 Å². The van der Waals surface area contributed by atoms with E-state index < -0.39 is 0 Å². The molecule has 0 radical (unpaired) electrons. The fourth-order valence-electron chi connectivity index (χ4n) is 1.68. The van der Waals surface area contributed by atoms with Gasteiger partial charge in [0.15, 0.2) is 0 Å². The molecule has 0 saturated heterocycles. The Morgan fingerprint density at radius 3 is 2.11 bits per heavy atom. The molecule has 0 saturated carbocycles. The fraction of sp³-hybridized carbons (Fsp3) is 0.286. The first-order chi connectivity index (χ1) is 8.38. The Morgan fingerprint density at radius 2 is 1.61 bits per heavy atom. The van der Waals surface area contributed by atoms with Crippen molar-refractivity contribution in [3.05, 3.63) is 52.3 Å². The second-order valence-corrected chi connectivity index (χ2v) is 6.08. The number of hydrogen-bond acceptors (Lipinski definition) is 2. The van der Waals surface area contributed by atoms with E-state index in [0.29, 0.717) is 10.1 Å². The van der Waals surface area contributed by atoms with Gasteiger partial charge in [0, 0.05) is 12.4 Å². The third-order valence-electron chi connectivity index (χ3n) is 2.81. The second-order valence-electron chi connectivity index (χ2n) is 5.27. The van der Waals surface area contributed by atoms with Gasteiger partial charge in [0.1, 0.15) is 0 Å². The summed E-state index contributed by atoms with van der Waals surface area (Å²) in [6.07, 6.45) is 3.43. The van der Waals surface area contributed by atoms with Crippen LogP contribution in [0.1, 0.15) is 26.3 Å². The molecule has 18 heavy (non-hydrogen) atoms. The highest BCUT2D eigenvalue weighted by atomic mass is 35.5. The number of hydrazine groups is 1. The largest absolute Gasteiger partial charge is 0.300 e. The number of rotatable bonds is 1. The van der Waals surface area contributed by atoms with E-state index in [1.165, 1.54) is 5.56 Å². The summed E-state index contributed by atoms with van der Waals surface area (Å²) >= 11 is 11.9. The molecule has 96 valence electrons. The Morgan fingerprint density at radius 1 is 1.00 bits per heavy atom. The van der Waals surface area contributed by atoms with Crippen molar-refractivity contribution < 1.29 is 0 Å². The van der Waals surface area contributed by atoms with Crippen molar-refractivity contribution in [1.82, 2.24) is 5.43 Å². The SMILES string of the molecule is CC(C)(C)c1ccc(N2C=C(Cl)C(Cl)=CN2)cc1. The van der Waals surface area contributed by atoms with Gasteiger partial charge in [0.05, 0.1) is 15.8 Å². The van der Waals surface area contributed by atoms with Crippen LogP contribution in [-0.4, -0.2) is 0 Å². The standard InChI is InChI=1S/C14H16Cl2N2/c1-14(2,3)10-4-6-11(7-5-10)18-9-13(16)12(15)8-17-18/h4-9,17H,1-3H3. The Bertz CT molecular complexity index is 496. The fourth-order valence-corrected chi connectivity index (χ4v) is 1.93. The van der Waals surface area contributed by atoms with Crippen LogP contribution in [0.15, 0.2) is 46.7 Å². The highest BCUT2D eigenvalue weighted by Gasteiger charge is 2.15. The van der Waals surface area contributed by atoms with Crippen molar-refractivity contribution in [3.63, 3.8) is 0 Å². The highest BCUT2D eigenvalue weighted by molar-refractivity contribution is 6.44. The Hall–Kier alpha value is -1.12. The molecule has 1 aliphatic heterocycles. The van der Waals surface area contributed by atoms with Gasteiger partial charge in [-0.05, 0) is 23.1 Å². The van der Waals surface area contributed by atoms with Crippen LogP contribution in [0, 0.1) is 0 Å². The first-order valence-electron chi connectivity index (χ1n) is 5.77. The maximum Gasteiger partial charge on any atom is 0.0790 e. The summed E-state index contributed by atoms with van der Waals surface area (Å²) in [7, 11) is 0. The van der Waals surface area contributed by atoms with Crippen molar-refractivity contribution in [1.29, 1.82) is 0 Å². The Labute approximate surface area is 118 Å². The minimum Gasteiger partial charge on any atom is -0.300 e. The topological polar surface area (TPSA) is 15.3 Å². The number of nitrogens with one attached hydrogen (secondary N) is 1. The van der Waals surface area contributed by atoms with Crippen molar-refractivity contribution >= 4 is 28.9 Å². The molecule has 0 spiro atoms. The van der Waals surface area contributed by atoms with Gasteiger partial charge in [-0.1, -0.05) is 56.1 Å². The summed E-state index contributed by atoms with van der Waals surface area (Å²) < 4.78 is 0. The summed E-state index contributed by atoms with van der Waals surface area (Å²) in [5.41, 5.74) is 5.52. The molecule has 2 nitrogen and oxygen atoms in total. The quantitative estimate of drug-likeness (QED) is 0.818. The van der Waals surface area contributed by atoms with Gasteiger partial charge in [0.25, 0.3) is 0 Å². The molecule has 4 heteroatoms. The van der Waals surface area contributed by atoms with Gasteiger partial charge in [-0.25, -0.2) is 0 Å². The molecule has 0 bridgehead atoms. The molecule has 0 fully saturated rings. The Balaban J connectivity index is 2.22. The summed E-state index contributed by atoms with van der Waals surface area (Å²) in [5, 5.41) is 2.87. The van der Waals surface area contributed by atoms with Crippen LogP contribution in [0.3, 0.4) is 0 Å². The number of allylic oxidation sites excluding steroid dienone is 2. The first-order valence-corrected chi connectivity index (χ1v) is 6.53. The van der Waals surface area contributed by atoms with Crippen LogP contribution in [0.5, 0.6) is 0 Å². The normalized spacial score (nSPS) is 15.9. The summed E-state index contributed by atoms with van der Waals surface area (Å²) in [6.45, 7) is 6.58. The molecule has 1 aromatic rings. The Kier molecular flexibility index (Phi) is 3.60. The lowest BCUT2D eigenvalue weighted by molar-refractivity contribution is 0.590. The van der Waals surface area contributed by atoms with Gasteiger partial charge in [-0.15, -0.1) is 0 Å². The zero-order chi connectivity index (χ0) is 13.3. The predicted octanol–water partition coefficient (Wildman–Crippen LogP) is 4.47. The lowest BCUT2D eigenvalue weighted by Gasteiger charge is -2.25. The van der Waals surface area contributed by atoms with Gasteiger partial charge in [0.2, 0.25) is 0 Å². The van der Waals surface area contributed by atoms with Gasteiger partial charge < -0.3 is 5.43 Å². The molecule has 1 aliphatic rings. The minimum absolute atomic E-state index is 0.157. The monoisotopic (exact) mass is 282 g/mol. The van der Waals surface area contributed by atoms with E-state index in [1.54, 1.807) is 12.4 Å². The van der Waals surface area contributed by atoms with Crippen molar-refractivity contribution in [2.45, 2.75) is 26.2 Å². The maximum atomic E-state index is 5.99. The number of benzene rings is 1. The molecule has 0 aromatic heterocycles. The van der Waals surface area contributed by atoms with E-state index >= 15 is 0 Å². The molecule has 1 heterocycles. The summed E-state index contributed by atoms with van der Waals surface area (Å²) in [4.78, 5) is 0. The van der Waals surface area contributed by atoms with Gasteiger partial charge in [-0.3, -0.25) is 5.01 Å². The minimum atomic E-state index is 0.157. The van der Waals surface area contributed by atoms with Crippen LogP contribution in [0.2, 0.25) is 0 Å². The van der Waals surface area contributed by atoms with E-state index in [1.807, 2.05) is 5.01 Å². The zero-order valence-electron chi connectivity index (χ0n) is 10.7. The zero-order valence-corrected chi connectivity index (χ0v) is 12.2. The van der Waals surface area contributed by atoms with E-state index in [9.17, 15) is 0 Å². The molecule has 2 rings (SSSR count). The molecule has 0 amide bonds. The van der Waals surface area contributed by atoms with Crippen LogP contribution < -0.4 is 10.4 Å². The van der Waals surface area contributed by atoms with Crippen LogP contribution in [0.25, 0.3) is 0 Å². The molecule has 0 atom stereocenters. The average Bonchev–Trinajstić information content (AvgIpc) is 2.32. The smallest absolute Gasteiger partial charge is 0.0790 e. The van der Waals surface area contributed by atoms with Gasteiger partial charge >= 0.3 is 0 Å². The van der Waals surface area contributed by atoms with Crippen molar-refractivity contribution in [3.8, 4) is 0 Å². The van der Waals surface area contributed by atoms with Crippen LogP contribution in [-0.2, 0) is 5.41 Å². The van der Waals surface area contributed by atoms with Crippen molar-refractivity contribution in [2.75, 3.05) is 5.01 Å². The molecule has 1 N–H and O–H groups in total. The second kappa shape index (κ2) is 4.87. The summed E-state index contributed by atoms with van der Waals surface area (Å²) in [5.74, 6) is 0. The molecular formula is C14H16Cl2N2. The predicted molar refractivity (Wildman–Crippen MR) is 78.6 cm³/mol. The van der Waals surface area contributed by atoms with Gasteiger partial charge in [-0.2, -0.15) is 0 Å². The van der Waals surface area contributed by atoms with Crippen LogP contribution in [0.4, 0.5) is 5.69 Å². The third-order valence-corrected chi connectivity index (χ3v) is 3.52. The molecule has 1 aromatic carbocycles. The lowest BCUT2D eigenvalue weighted by atomic mass is 9.87. The average molecular weight is 283 g/mol. The van der Waals surface area contributed by atoms with E-state index in [2.05, 4.69) is 50.5 Å². The third kappa shape index (κ3) is 2.82. The van der Waals surface area contributed by atoms with E-state index in [4.69, 9.17) is 23.2 Å².